The molecule has 164 valence electrons. The maximum atomic E-state index is 13.9. The fourth-order valence-corrected chi connectivity index (χ4v) is 3.60. The maximum absolute atomic E-state index is 13.9. The molecule has 2 aromatic carbocycles. The number of rotatable bonds is 6. The average molecular weight is 455 g/mol. The number of anilines is 1. The number of hydrogen-bond acceptors (Lipinski definition) is 5. The van der Waals surface area contributed by atoms with Gasteiger partial charge in [0, 0.05) is 29.5 Å². The van der Waals surface area contributed by atoms with Crippen molar-refractivity contribution in [3.63, 3.8) is 0 Å². The summed E-state index contributed by atoms with van der Waals surface area (Å²) in [6.07, 6.45) is 2.01. The molecule has 0 aliphatic heterocycles. The minimum Gasteiger partial charge on any atom is -0.382 e. The van der Waals surface area contributed by atoms with E-state index in [0.29, 0.717) is 33.5 Å². The predicted molar refractivity (Wildman–Crippen MR) is 122 cm³/mol. The molecule has 1 atom stereocenters. The highest BCUT2D eigenvalue weighted by atomic mass is 35.5. The van der Waals surface area contributed by atoms with Crippen molar-refractivity contribution in [2.75, 3.05) is 5.32 Å². The molecular weight excluding hydrogens is 434 g/mol. The van der Waals surface area contributed by atoms with Gasteiger partial charge in [-0.3, -0.25) is 4.98 Å². The second kappa shape index (κ2) is 8.76. The van der Waals surface area contributed by atoms with Gasteiger partial charge < -0.3 is 10.4 Å². The highest BCUT2D eigenvalue weighted by Gasteiger charge is 2.24. The number of pyridine rings is 1. The number of fused-ring (bicyclic) bond motifs is 1. The number of halogens is 3. The van der Waals surface area contributed by atoms with E-state index in [1.807, 2.05) is 12.1 Å². The van der Waals surface area contributed by atoms with Crippen LogP contribution in [0, 0.1) is 0 Å². The number of aliphatic hydroxyl groups is 1. The van der Waals surface area contributed by atoms with Crippen LogP contribution in [0.3, 0.4) is 0 Å². The molecule has 0 radical (unpaired) electrons. The molecule has 32 heavy (non-hydrogen) atoms. The normalized spacial score (nSPS) is 12.8. The first-order valence-electron chi connectivity index (χ1n) is 9.97. The van der Waals surface area contributed by atoms with Crippen LogP contribution >= 0.6 is 11.6 Å². The van der Waals surface area contributed by atoms with Crippen LogP contribution in [0.1, 0.15) is 31.3 Å². The van der Waals surface area contributed by atoms with Crippen LogP contribution in [-0.4, -0.2) is 26.5 Å². The van der Waals surface area contributed by atoms with Gasteiger partial charge in [0.2, 0.25) is 0 Å². The lowest BCUT2D eigenvalue weighted by Crippen LogP contribution is -2.19. The molecule has 0 saturated heterocycles. The standard InChI is InChI=1S/C24H21ClF2N4O/c1-24(2,32)23-29-11-16(12-30-23)15-8-9-19-17(10-15)21(18(25)13-28-19)31-20(22(26)27)14-6-4-3-5-7-14/h3-13,20,22,32H,1-2H3,(H,28,31). The number of alkyl halides is 2. The highest BCUT2D eigenvalue weighted by Crippen LogP contribution is 2.36. The number of benzene rings is 2. The van der Waals surface area contributed by atoms with Gasteiger partial charge in [-0.15, -0.1) is 0 Å². The third kappa shape index (κ3) is 4.54. The molecule has 8 heteroatoms. The molecule has 4 rings (SSSR count). The van der Waals surface area contributed by atoms with E-state index in [1.54, 1.807) is 62.6 Å². The Balaban J connectivity index is 1.77. The third-order valence-electron chi connectivity index (χ3n) is 5.06. The quantitative estimate of drug-likeness (QED) is 0.374. The van der Waals surface area contributed by atoms with E-state index in [4.69, 9.17) is 11.6 Å². The minimum atomic E-state index is -2.65. The molecule has 1 unspecified atom stereocenters. The van der Waals surface area contributed by atoms with Gasteiger partial charge in [-0.2, -0.15) is 0 Å². The Morgan fingerprint density at radius 3 is 2.25 bits per heavy atom. The Bertz CT molecular complexity index is 1230. The molecule has 0 aliphatic rings. The summed E-state index contributed by atoms with van der Waals surface area (Å²) in [4.78, 5) is 12.8. The Kier molecular flexibility index (Phi) is 6.04. The number of aromatic nitrogens is 3. The number of hydrogen-bond donors (Lipinski definition) is 2. The van der Waals surface area contributed by atoms with Gasteiger partial charge >= 0.3 is 0 Å². The van der Waals surface area contributed by atoms with Crippen molar-refractivity contribution in [2.45, 2.75) is 31.9 Å². The summed E-state index contributed by atoms with van der Waals surface area (Å²) in [5.74, 6) is 0.303. The van der Waals surface area contributed by atoms with Crippen LogP contribution in [0.2, 0.25) is 5.02 Å². The summed E-state index contributed by atoms with van der Waals surface area (Å²) in [5, 5.41) is 13.8. The first-order valence-corrected chi connectivity index (χ1v) is 10.3. The second-order valence-electron chi connectivity index (χ2n) is 7.93. The molecule has 0 amide bonds. The van der Waals surface area contributed by atoms with Gasteiger partial charge in [0.05, 0.1) is 16.2 Å². The summed E-state index contributed by atoms with van der Waals surface area (Å²) < 4.78 is 27.8. The summed E-state index contributed by atoms with van der Waals surface area (Å²) in [6, 6.07) is 12.7. The highest BCUT2D eigenvalue weighted by molar-refractivity contribution is 6.34. The van der Waals surface area contributed by atoms with Crippen molar-refractivity contribution in [3.05, 3.63) is 83.5 Å². The van der Waals surface area contributed by atoms with E-state index in [2.05, 4.69) is 20.3 Å². The second-order valence-corrected chi connectivity index (χ2v) is 8.34. The Hall–Kier alpha value is -3.16. The van der Waals surface area contributed by atoms with E-state index in [1.165, 1.54) is 6.20 Å². The zero-order chi connectivity index (χ0) is 22.9. The molecule has 0 spiro atoms. The van der Waals surface area contributed by atoms with E-state index >= 15 is 0 Å². The van der Waals surface area contributed by atoms with Crippen molar-refractivity contribution in [1.29, 1.82) is 0 Å². The molecule has 0 saturated carbocycles. The average Bonchev–Trinajstić information content (AvgIpc) is 2.78. The van der Waals surface area contributed by atoms with Gasteiger partial charge in [0.25, 0.3) is 6.43 Å². The molecule has 2 heterocycles. The molecule has 2 aromatic heterocycles. The third-order valence-corrected chi connectivity index (χ3v) is 5.35. The molecule has 0 bridgehead atoms. The zero-order valence-electron chi connectivity index (χ0n) is 17.4. The monoisotopic (exact) mass is 454 g/mol. The predicted octanol–water partition coefficient (Wildman–Crippen LogP) is 5.99. The summed E-state index contributed by atoms with van der Waals surface area (Å²) >= 11 is 6.39. The first kappa shape index (κ1) is 22.0. The Morgan fingerprint density at radius 1 is 0.938 bits per heavy atom. The molecule has 0 aliphatic carbocycles. The lowest BCUT2D eigenvalue weighted by molar-refractivity contribution is 0.0687. The van der Waals surface area contributed by atoms with Crippen LogP contribution < -0.4 is 5.32 Å². The summed E-state index contributed by atoms with van der Waals surface area (Å²) in [5.41, 5.74) is 1.75. The maximum Gasteiger partial charge on any atom is 0.262 e. The summed E-state index contributed by atoms with van der Waals surface area (Å²) in [6.45, 7) is 3.21. The van der Waals surface area contributed by atoms with Crippen LogP contribution in [0.4, 0.5) is 14.5 Å². The van der Waals surface area contributed by atoms with Crippen LogP contribution in [0.25, 0.3) is 22.0 Å². The lowest BCUT2D eigenvalue weighted by Gasteiger charge is -2.21. The SMILES string of the molecule is CC(C)(O)c1ncc(-c2ccc3ncc(Cl)c(NC(c4ccccc4)C(F)F)c3c2)cn1. The Labute approximate surface area is 189 Å². The van der Waals surface area contributed by atoms with Crippen molar-refractivity contribution < 1.29 is 13.9 Å². The van der Waals surface area contributed by atoms with Crippen molar-refractivity contribution in [1.82, 2.24) is 15.0 Å². The van der Waals surface area contributed by atoms with Crippen LogP contribution in [-0.2, 0) is 5.60 Å². The van der Waals surface area contributed by atoms with Gasteiger partial charge in [0.1, 0.15) is 11.6 Å². The van der Waals surface area contributed by atoms with Crippen molar-refractivity contribution in [2.24, 2.45) is 0 Å². The fraction of sp³-hybridized carbons (Fsp3) is 0.208. The molecule has 5 nitrogen and oxygen atoms in total. The number of nitrogens with zero attached hydrogens (tertiary/aromatic N) is 3. The van der Waals surface area contributed by atoms with Crippen molar-refractivity contribution in [3.8, 4) is 11.1 Å². The van der Waals surface area contributed by atoms with Crippen molar-refractivity contribution >= 4 is 28.2 Å². The van der Waals surface area contributed by atoms with E-state index in [-0.39, 0.29) is 5.02 Å². The lowest BCUT2D eigenvalue weighted by atomic mass is 10.0. The Morgan fingerprint density at radius 2 is 1.62 bits per heavy atom. The van der Waals surface area contributed by atoms with Gasteiger partial charge in [-0.25, -0.2) is 18.7 Å². The largest absolute Gasteiger partial charge is 0.382 e. The molecule has 2 N–H and O–H groups in total. The van der Waals surface area contributed by atoms with Crippen LogP contribution in [0.15, 0.2) is 67.1 Å². The van der Waals surface area contributed by atoms with E-state index < -0.39 is 18.1 Å². The van der Waals surface area contributed by atoms with Gasteiger partial charge in [0.15, 0.2) is 5.82 Å². The summed E-state index contributed by atoms with van der Waals surface area (Å²) in [7, 11) is 0. The van der Waals surface area contributed by atoms with Gasteiger partial charge in [-0.1, -0.05) is 48.0 Å². The van der Waals surface area contributed by atoms with E-state index in [0.717, 1.165) is 5.56 Å². The molecule has 4 aromatic rings. The number of nitrogens with one attached hydrogen (secondary N) is 1. The first-order chi connectivity index (χ1) is 15.2. The topological polar surface area (TPSA) is 70.9 Å². The fourth-order valence-electron chi connectivity index (χ4n) is 3.40. The minimum absolute atomic E-state index is 0.241. The molecular formula is C24H21ClF2N4O. The molecule has 0 fully saturated rings. The zero-order valence-corrected chi connectivity index (χ0v) is 18.2. The van der Waals surface area contributed by atoms with Gasteiger partial charge in [-0.05, 0) is 37.1 Å². The van der Waals surface area contributed by atoms with Crippen LogP contribution in [0.5, 0.6) is 0 Å². The van der Waals surface area contributed by atoms with E-state index in [9.17, 15) is 13.9 Å². The smallest absolute Gasteiger partial charge is 0.262 e.